The number of amides is 1. The number of hydrogen-bond acceptors (Lipinski definition) is 4. The summed E-state index contributed by atoms with van der Waals surface area (Å²) in [4.78, 5) is 27.1. The Morgan fingerprint density at radius 3 is 2.67 bits per heavy atom. The van der Waals surface area contributed by atoms with Gasteiger partial charge in [-0.05, 0) is 36.4 Å². The Labute approximate surface area is 160 Å². The van der Waals surface area contributed by atoms with Crippen LogP contribution in [0.3, 0.4) is 0 Å². The standard InChI is InChI=1S/C20H19N3O3S/c24-19(22-10-4-6-14(12-22)20(25)26)16-13-23(15-7-2-1-3-8-15)21-18(16)17-9-5-11-27-17/h1-3,5,7-9,11,13-14H,4,6,10,12H2,(H,25,26)/t14-/m0/s1. The zero-order chi connectivity index (χ0) is 18.8. The van der Waals surface area contributed by atoms with E-state index in [1.165, 1.54) is 11.3 Å². The minimum atomic E-state index is -0.842. The molecule has 4 rings (SSSR count). The maximum absolute atomic E-state index is 13.2. The molecule has 0 spiro atoms. The molecule has 7 heteroatoms. The Hall–Kier alpha value is -2.93. The second-order valence-corrected chi connectivity index (χ2v) is 7.53. The van der Waals surface area contributed by atoms with Crippen molar-refractivity contribution >= 4 is 23.2 Å². The fourth-order valence-corrected chi connectivity index (χ4v) is 4.10. The van der Waals surface area contributed by atoms with E-state index in [1.54, 1.807) is 15.8 Å². The number of hydrogen-bond donors (Lipinski definition) is 1. The number of carboxylic acids is 1. The summed E-state index contributed by atoms with van der Waals surface area (Å²) in [5, 5.41) is 15.9. The Balaban J connectivity index is 1.71. The lowest BCUT2D eigenvalue weighted by Gasteiger charge is -2.30. The minimum absolute atomic E-state index is 0.161. The highest BCUT2D eigenvalue weighted by Crippen LogP contribution is 2.29. The number of aromatic nitrogens is 2. The van der Waals surface area contributed by atoms with Crippen molar-refractivity contribution in [1.29, 1.82) is 0 Å². The van der Waals surface area contributed by atoms with Gasteiger partial charge in [0.05, 0.1) is 22.0 Å². The molecule has 1 fully saturated rings. The van der Waals surface area contributed by atoms with Gasteiger partial charge in [0.15, 0.2) is 0 Å². The molecular formula is C20H19N3O3S. The molecule has 1 N–H and O–H groups in total. The van der Waals surface area contributed by atoms with E-state index in [-0.39, 0.29) is 12.5 Å². The van der Waals surface area contributed by atoms with Crippen LogP contribution in [0.2, 0.25) is 0 Å². The van der Waals surface area contributed by atoms with E-state index in [4.69, 9.17) is 0 Å². The van der Waals surface area contributed by atoms with E-state index in [1.807, 2.05) is 47.8 Å². The molecule has 138 valence electrons. The topological polar surface area (TPSA) is 75.4 Å². The predicted octanol–water partition coefficient (Wildman–Crippen LogP) is 3.54. The Kier molecular flexibility index (Phi) is 4.77. The van der Waals surface area contributed by atoms with Crippen molar-refractivity contribution in [3.63, 3.8) is 0 Å². The first-order valence-corrected chi connectivity index (χ1v) is 9.72. The van der Waals surface area contributed by atoms with Crippen molar-refractivity contribution in [2.75, 3.05) is 13.1 Å². The van der Waals surface area contributed by atoms with Crippen molar-refractivity contribution in [2.45, 2.75) is 12.8 Å². The van der Waals surface area contributed by atoms with Gasteiger partial charge in [0.25, 0.3) is 5.91 Å². The molecule has 3 heterocycles. The number of benzene rings is 1. The van der Waals surface area contributed by atoms with Gasteiger partial charge in [0, 0.05) is 19.3 Å². The number of piperidine rings is 1. The zero-order valence-corrected chi connectivity index (χ0v) is 15.4. The number of carboxylic acid groups (broad SMARTS) is 1. The van der Waals surface area contributed by atoms with E-state index in [9.17, 15) is 14.7 Å². The smallest absolute Gasteiger partial charge is 0.308 e. The highest BCUT2D eigenvalue weighted by molar-refractivity contribution is 7.13. The number of rotatable bonds is 4. The molecule has 1 aliphatic rings. The van der Waals surface area contributed by atoms with Gasteiger partial charge in [-0.15, -0.1) is 11.3 Å². The molecule has 1 aromatic carbocycles. The third kappa shape index (κ3) is 3.50. The molecule has 27 heavy (non-hydrogen) atoms. The van der Waals surface area contributed by atoms with Gasteiger partial charge in [-0.3, -0.25) is 9.59 Å². The Bertz CT molecular complexity index is 950. The number of carbonyl (C=O) groups is 2. The average Bonchev–Trinajstić information content (AvgIpc) is 3.38. The molecule has 1 atom stereocenters. The van der Waals surface area contributed by atoms with Crippen LogP contribution < -0.4 is 0 Å². The molecule has 0 unspecified atom stereocenters. The first kappa shape index (κ1) is 17.5. The fraction of sp³-hybridized carbons (Fsp3) is 0.250. The molecule has 0 aliphatic carbocycles. The number of nitrogens with zero attached hydrogens (tertiary/aromatic N) is 3. The van der Waals surface area contributed by atoms with E-state index >= 15 is 0 Å². The zero-order valence-electron chi connectivity index (χ0n) is 14.6. The third-order valence-corrected chi connectivity index (χ3v) is 5.65. The molecule has 2 aromatic heterocycles. The van der Waals surface area contributed by atoms with E-state index in [2.05, 4.69) is 5.10 Å². The highest BCUT2D eigenvalue weighted by Gasteiger charge is 2.31. The summed E-state index contributed by atoms with van der Waals surface area (Å²) < 4.78 is 1.71. The highest BCUT2D eigenvalue weighted by atomic mass is 32.1. The Morgan fingerprint density at radius 1 is 1.15 bits per heavy atom. The van der Waals surface area contributed by atoms with Crippen LogP contribution in [-0.4, -0.2) is 44.8 Å². The third-order valence-electron chi connectivity index (χ3n) is 4.78. The molecule has 1 aliphatic heterocycles. The van der Waals surface area contributed by atoms with Crippen LogP contribution in [0.25, 0.3) is 16.3 Å². The van der Waals surface area contributed by atoms with Crippen LogP contribution in [0.15, 0.2) is 54.0 Å². The number of aliphatic carboxylic acids is 1. The molecule has 0 saturated carbocycles. The van der Waals surface area contributed by atoms with E-state index in [0.29, 0.717) is 30.6 Å². The SMILES string of the molecule is O=C(O)[C@H]1CCCN(C(=O)c2cn(-c3ccccc3)nc2-c2cccs2)C1. The summed E-state index contributed by atoms with van der Waals surface area (Å²) in [5.41, 5.74) is 2.01. The predicted molar refractivity (Wildman–Crippen MR) is 103 cm³/mol. The lowest BCUT2D eigenvalue weighted by Crippen LogP contribution is -2.42. The molecule has 1 amide bonds. The molecule has 3 aromatic rings. The maximum atomic E-state index is 13.2. The van der Waals surface area contributed by atoms with Crippen molar-refractivity contribution in [3.8, 4) is 16.3 Å². The normalized spacial score (nSPS) is 17.0. The molecule has 0 radical (unpaired) electrons. The average molecular weight is 381 g/mol. The Morgan fingerprint density at radius 2 is 1.96 bits per heavy atom. The molecule has 0 bridgehead atoms. The number of likely N-dealkylation sites (tertiary alicyclic amines) is 1. The van der Waals surface area contributed by atoms with Crippen LogP contribution in [0.4, 0.5) is 0 Å². The minimum Gasteiger partial charge on any atom is -0.481 e. The van der Waals surface area contributed by atoms with Crippen LogP contribution in [0.5, 0.6) is 0 Å². The van der Waals surface area contributed by atoms with Crippen molar-refractivity contribution in [2.24, 2.45) is 5.92 Å². The summed E-state index contributed by atoms with van der Waals surface area (Å²) in [6, 6.07) is 13.5. The van der Waals surface area contributed by atoms with E-state index < -0.39 is 11.9 Å². The van der Waals surface area contributed by atoms with Gasteiger partial charge in [-0.1, -0.05) is 24.3 Å². The van der Waals surface area contributed by atoms with Gasteiger partial charge < -0.3 is 10.0 Å². The monoisotopic (exact) mass is 381 g/mol. The van der Waals surface area contributed by atoms with Gasteiger partial charge in [0.1, 0.15) is 5.69 Å². The van der Waals surface area contributed by atoms with Crippen molar-refractivity contribution < 1.29 is 14.7 Å². The van der Waals surface area contributed by atoms with Crippen LogP contribution in [0, 0.1) is 5.92 Å². The van der Waals surface area contributed by atoms with Gasteiger partial charge in [0.2, 0.25) is 0 Å². The summed E-state index contributed by atoms with van der Waals surface area (Å²) in [7, 11) is 0. The first-order valence-electron chi connectivity index (χ1n) is 8.84. The number of para-hydroxylation sites is 1. The van der Waals surface area contributed by atoms with Crippen LogP contribution in [0.1, 0.15) is 23.2 Å². The summed E-state index contributed by atoms with van der Waals surface area (Å²) in [5.74, 6) is -1.51. The van der Waals surface area contributed by atoms with Crippen molar-refractivity contribution in [3.05, 3.63) is 59.6 Å². The maximum Gasteiger partial charge on any atom is 0.308 e. The lowest BCUT2D eigenvalue weighted by atomic mass is 9.97. The summed E-state index contributed by atoms with van der Waals surface area (Å²) in [6.07, 6.45) is 3.06. The lowest BCUT2D eigenvalue weighted by molar-refractivity contribution is -0.143. The quantitative estimate of drug-likeness (QED) is 0.750. The van der Waals surface area contributed by atoms with Gasteiger partial charge >= 0.3 is 5.97 Å². The molecule has 6 nitrogen and oxygen atoms in total. The molecular weight excluding hydrogens is 362 g/mol. The number of thiophene rings is 1. The summed E-state index contributed by atoms with van der Waals surface area (Å²) >= 11 is 1.53. The largest absolute Gasteiger partial charge is 0.481 e. The number of carbonyl (C=O) groups excluding carboxylic acids is 1. The van der Waals surface area contributed by atoms with Gasteiger partial charge in [-0.25, -0.2) is 4.68 Å². The second-order valence-electron chi connectivity index (χ2n) is 6.58. The van der Waals surface area contributed by atoms with Crippen molar-refractivity contribution in [1.82, 2.24) is 14.7 Å². The summed E-state index contributed by atoms with van der Waals surface area (Å²) in [6.45, 7) is 0.817. The van der Waals surface area contributed by atoms with E-state index in [0.717, 1.165) is 10.6 Å². The second kappa shape index (κ2) is 7.36. The van der Waals surface area contributed by atoms with Gasteiger partial charge in [-0.2, -0.15) is 5.10 Å². The van der Waals surface area contributed by atoms with Crippen LogP contribution in [-0.2, 0) is 4.79 Å². The first-order chi connectivity index (χ1) is 13.1. The van der Waals surface area contributed by atoms with Crippen LogP contribution >= 0.6 is 11.3 Å². The fourth-order valence-electron chi connectivity index (χ4n) is 3.37. The molecule has 1 saturated heterocycles.